The fraction of sp³-hybridized carbons (Fsp3) is 0.917. The van der Waals surface area contributed by atoms with Crippen LogP contribution in [0.2, 0.25) is 0 Å². The number of hydrogen-bond donors (Lipinski definition) is 1. The SMILES string of the molecule is CC(C(=O)O)N1CCN(C2CCCSC2)CC1. The third-order valence-electron chi connectivity index (χ3n) is 3.91. The van der Waals surface area contributed by atoms with Crippen LogP contribution < -0.4 is 0 Å². The van der Waals surface area contributed by atoms with Gasteiger partial charge in [0.1, 0.15) is 6.04 Å². The van der Waals surface area contributed by atoms with Gasteiger partial charge in [-0.05, 0) is 25.5 Å². The maximum absolute atomic E-state index is 10.9. The van der Waals surface area contributed by atoms with E-state index in [4.69, 9.17) is 5.11 Å². The Morgan fingerprint density at radius 2 is 2.06 bits per heavy atom. The van der Waals surface area contributed by atoms with Gasteiger partial charge in [0.2, 0.25) is 0 Å². The van der Waals surface area contributed by atoms with E-state index >= 15 is 0 Å². The van der Waals surface area contributed by atoms with Gasteiger partial charge in [-0.1, -0.05) is 0 Å². The second-order valence-corrected chi connectivity index (χ2v) is 6.11. The summed E-state index contributed by atoms with van der Waals surface area (Å²) in [6.45, 7) is 5.64. The van der Waals surface area contributed by atoms with Crippen molar-refractivity contribution in [1.29, 1.82) is 0 Å². The Morgan fingerprint density at radius 1 is 1.35 bits per heavy atom. The van der Waals surface area contributed by atoms with E-state index in [2.05, 4.69) is 21.6 Å². The quantitative estimate of drug-likeness (QED) is 0.817. The molecule has 17 heavy (non-hydrogen) atoms. The van der Waals surface area contributed by atoms with Crippen LogP contribution in [0.4, 0.5) is 0 Å². The van der Waals surface area contributed by atoms with E-state index in [9.17, 15) is 4.79 Å². The van der Waals surface area contributed by atoms with Gasteiger partial charge in [0.15, 0.2) is 0 Å². The van der Waals surface area contributed by atoms with Crippen LogP contribution in [-0.2, 0) is 4.79 Å². The predicted molar refractivity (Wildman–Crippen MR) is 70.6 cm³/mol. The lowest BCUT2D eigenvalue weighted by atomic mass is 10.1. The van der Waals surface area contributed by atoms with E-state index in [1.165, 1.54) is 24.3 Å². The number of carboxylic acid groups (broad SMARTS) is 1. The maximum atomic E-state index is 10.9. The van der Waals surface area contributed by atoms with Crippen LogP contribution in [0.5, 0.6) is 0 Å². The molecule has 0 aromatic carbocycles. The lowest BCUT2D eigenvalue weighted by Crippen LogP contribution is -2.55. The first-order valence-electron chi connectivity index (χ1n) is 6.47. The molecule has 1 N–H and O–H groups in total. The highest BCUT2D eigenvalue weighted by atomic mass is 32.2. The van der Waals surface area contributed by atoms with Crippen molar-refractivity contribution in [2.75, 3.05) is 37.7 Å². The van der Waals surface area contributed by atoms with Gasteiger partial charge in [0.25, 0.3) is 0 Å². The Morgan fingerprint density at radius 3 is 2.59 bits per heavy atom. The minimum atomic E-state index is -0.702. The van der Waals surface area contributed by atoms with Crippen molar-refractivity contribution in [3.63, 3.8) is 0 Å². The molecule has 0 aromatic rings. The Kier molecular flexibility index (Phi) is 4.70. The van der Waals surface area contributed by atoms with Gasteiger partial charge in [-0.3, -0.25) is 14.6 Å². The van der Waals surface area contributed by atoms with Crippen molar-refractivity contribution < 1.29 is 9.90 Å². The van der Waals surface area contributed by atoms with Crippen molar-refractivity contribution in [3.8, 4) is 0 Å². The van der Waals surface area contributed by atoms with Crippen LogP contribution >= 0.6 is 11.8 Å². The van der Waals surface area contributed by atoms with Gasteiger partial charge >= 0.3 is 5.97 Å². The largest absolute Gasteiger partial charge is 0.480 e. The molecule has 0 aliphatic carbocycles. The zero-order valence-electron chi connectivity index (χ0n) is 10.5. The first-order chi connectivity index (χ1) is 8.18. The maximum Gasteiger partial charge on any atom is 0.320 e. The molecule has 2 aliphatic heterocycles. The Bertz CT molecular complexity index is 261. The summed E-state index contributed by atoms with van der Waals surface area (Å²) in [7, 11) is 0. The molecule has 2 fully saturated rings. The summed E-state index contributed by atoms with van der Waals surface area (Å²) < 4.78 is 0. The normalized spacial score (nSPS) is 30.1. The molecule has 4 nitrogen and oxygen atoms in total. The number of carbonyl (C=O) groups is 1. The van der Waals surface area contributed by atoms with Gasteiger partial charge in [-0.2, -0.15) is 11.8 Å². The molecule has 0 spiro atoms. The fourth-order valence-electron chi connectivity index (χ4n) is 2.66. The molecule has 2 rings (SSSR count). The van der Waals surface area contributed by atoms with Crippen LogP contribution in [0, 0.1) is 0 Å². The average Bonchev–Trinajstić information content (AvgIpc) is 2.39. The van der Waals surface area contributed by atoms with Crippen LogP contribution in [-0.4, -0.2) is 70.6 Å². The van der Waals surface area contributed by atoms with Crippen LogP contribution in [0.1, 0.15) is 19.8 Å². The molecule has 0 radical (unpaired) electrons. The standard InChI is InChI=1S/C12H22N2O2S/c1-10(12(15)16)13-4-6-14(7-5-13)11-3-2-8-17-9-11/h10-11H,2-9H2,1H3,(H,15,16). The molecule has 2 atom stereocenters. The third-order valence-corrected chi connectivity index (χ3v) is 5.10. The molecule has 0 saturated carbocycles. The Labute approximate surface area is 107 Å². The minimum Gasteiger partial charge on any atom is -0.480 e. The molecule has 0 bridgehead atoms. The summed E-state index contributed by atoms with van der Waals surface area (Å²) in [5.41, 5.74) is 0. The molecule has 0 aromatic heterocycles. The van der Waals surface area contributed by atoms with E-state index in [-0.39, 0.29) is 6.04 Å². The predicted octanol–water partition coefficient (Wildman–Crippen LogP) is 0.973. The van der Waals surface area contributed by atoms with E-state index in [0.717, 1.165) is 32.2 Å². The molecule has 2 unspecified atom stereocenters. The Balaban J connectivity index is 1.79. The van der Waals surface area contributed by atoms with E-state index in [1.54, 1.807) is 6.92 Å². The number of nitrogens with zero attached hydrogens (tertiary/aromatic N) is 2. The van der Waals surface area contributed by atoms with Crippen LogP contribution in [0.15, 0.2) is 0 Å². The molecular formula is C12H22N2O2S. The Hall–Kier alpha value is -0.260. The van der Waals surface area contributed by atoms with Crippen molar-refractivity contribution in [1.82, 2.24) is 9.80 Å². The van der Waals surface area contributed by atoms with Crippen molar-refractivity contribution in [2.24, 2.45) is 0 Å². The molecule has 0 amide bonds. The molecule has 2 aliphatic rings. The second-order valence-electron chi connectivity index (χ2n) is 4.96. The third kappa shape index (κ3) is 3.36. The summed E-state index contributed by atoms with van der Waals surface area (Å²) in [5, 5.41) is 8.99. The number of rotatable bonds is 3. The van der Waals surface area contributed by atoms with E-state index < -0.39 is 5.97 Å². The number of piperazine rings is 1. The monoisotopic (exact) mass is 258 g/mol. The highest BCUT2D eigenvalue weighted by Crippen LogP contribution is 2.22. The number of carboxylic acids is 1. The molecule has 5 heteroatoms. The lowest BCUT2D eigenvalue weighted by Gasteiger charge is -2.41. The average molecular weight is 258 g/mol. The topological polar surface area (TPSA) is 43.8 Å². The summed E-state index contributed by atoms with van der Waals surface area (Å²) in [6.07, 6.45) is 2.66. The van der Waals surface area contributed by atoms with Crippen molar-refractivity contribution in [3.05, 3.63) is 0 Å². The highest BCUT2D eigenvalue weighted by Gasteiger charge is 2.29. The first-order valence-corrected chi connectivity index (χ1v) is 7.62. The molecule has 98 valence electrons. The van der Waals surface area contributed by atoms with Crippen LogP contribution in [0.3, 0.4) is 0 Å². The summed E-state index contributed by atoms with van der Waals surface area (Å²) >= 11 is 2.06. The van der Waals surface area contributed by atoms with Crippen molar-refractivity contribution >= 4 is 17.7 Å². The number of thioether (sulfide) groups is 1. The van der Waals surface area contributed by atoms with E-state index in [1.807, 2.05) is 0 Å². The van der Waals surface area contributed by atoms with Gasteiger partial charge < -0.3 is 5.11 Å². The summed E-state index contributed by atoms with van der Waals surface area (Å²) in [5.74, 6) is 1.87. The van der Waals surface area contributed by atoms with E-state index in [0.29, 0.717) is 0 Å². The van der Waals surface area contributed by atoms with Crippen LogP contribution in [0.25, 0.3) is 0 Å². The number of aliphatic carboxylic acids is 1. The zero-order chi connectivity index (χ0) is 12.3. The summed E-state index contributed by atoms with van der Waals surface area (Å²) in [4.78, 5) is 15.6. The molecule has 2 saturated heterocycles. The number of hydrogen-bond acceptors (Lipinski definition) is 4. The van der Waals surface area contributed by atoms with Gasteiger partial charge in [-0.25, -0.2) is 0 Å². The summed E-state index contributed by atoms with van der Waals surface area (Å²) in [6, 6.07) is 0.397. The van der Waals surface area contributed by atoms with Gasteiger partial charge in [-0.15, -0.1) is 0 Å². The molecular weight excluding hydrogens is 236 g/mol. The second kappa shape index (κ2) is 6.07. The smallest absolute Gasteiger partial charge is 0.320 e. The zero-order valence-corrected chi connectivity index (χ0v) is 11.3. The van der Waals surface area contributed by atoms with Crippen molar-refractivity contribution in [2.45, 2.75) is 31.8 Å². The minimum absolute atomic E-state index is 0.335. The fourth-order valence-corrected chi connectivity index (χ4v) is 3.84. The molecule has 2 heterocycles. The van der Waals surface area contributed by atoms with Gasteiger partial charge in [0, 0.05) is 38.0 Å². The van der Waals surface area contributed by atoms with Gasteiger partial charge in [0.05, 0.1) is 0 Å². The highest BCUT2D eigenvalue weighted by molar-refractivity contribution is 7.99. The lowest BCUT2D eigenvalue weighted by molar-refractivity contribution is -0.143. The first kappa shape index (κ1) is 13.2.